The molecule has 0 radical (unpaired) electrons. The molecule has 2 amide bonds. The zero-order valence-corrected chi connectivity index (χ0v) is 20.6. The van der Waals surface area contributed by atoms with E-state index in [0.717, 1.165) is 5.56 Å². The Morgan fingerprint density at radius 2 is 1.73 bits per heavy atom. The lowest BCUT2D eigenvalue weighted by molar-refractivity contribution is 0.0690. The first-order valence-electron chi connectivity index (χ1n) is 11.2. The number of carbonyl (C=O) groups is 2. The molecule has 1 atom stereocenters. The molecule has 0 aliphatic carbocycles. The quantitative estimate of drug-likeness (QED) is 0.181. The Labute approximate surface area is 213 Å². The van der Waals surface area contributed by atoms with Crippen LogP contribution in [0.4, 0.5) is 0 Å². The monoisotopic (exact) mass is 513 g/mol. The van der Waals surface area contributed by atoms with E-state index in [1.165, 1.54) is 32.2 Å². The molecular formula is C23H28BN5O8. The summed E-state index contributed by atoms with van der Waals surface area (Å²) in [5.41, 5.74) is 1.07. The van der Waals surface area contributed by atoms with Gasteiger partial charge in [0.15, 0.2) is 17.2 Å². The van der Waals surface area contributed by atoms with Gasteiger partial charge in [0.2, 0.25) is 5.75 Å². The number of amides is 2. The maximum atomic E-state index is 12.7. The molecular weight excluding hydrogens is 485 g/mol. The van der Waals surface area contributed by atoms with Crippen molar-refractivity contribution in [1.82, 2.24) is 25.6 Å². The molecule has 1 heterocycles. The average Bonchev–Trinajstić information content (AvgIpc) is 3.36. The lowest BCUT2D eigenvalue weighted by atomic mass is 10.1. The molecule has 3 aromatic rings. The summed E-state index contributed by atoms with van der Waals surface area (Å²) < 4.78 is 22.2. The zero-order valence-electron chi connectivity index (χ0n) is 20.6. The summed E-state index contributed by atoms with van der Waals surface area (Å²) in [5.74, 6) is -0.0623. The zero-order chi connectivity index (χ0) is 26.8. The Balaban J connectivity index is 1.58. The predicted molar refractivity (Wildman–Crippen MR) is 131 cm³/mol. The van der Waals surface area contributed by atoms with Crippen molar-refractivity contribution in [3.63, 3.8) is 0 Å². The number of nitrogens with zero attached hydrogens (tertiary/aromatic N) is 3. The van der Waals surface area contributed by atoms with E-state index in [0.29, 0.717) is 11.5 Å². The summed E-state index contributed by atoms with van der Waals surface area (Å²) >= 11 is 0. The van der Waals surface area contributed by atoms with Crippen molar-refractivity contribution < 1.29 is 38.5 Å². The second kappa shape index (κ2) is 13.2. The summed E-state index contributed by atoms with van der Waals surface area (Å²) in [5, 5.41) is 31.4. The Bertz CT molecular complexity index is 1190. The van der Waals surface area contributed by atoms with Crippen molar-refractivity contribution >= 4 is 19.1 Å². The first-order valence-corrected chi connectivity index (χ1v) is 11.2. The molecule has 0 aliphatic rings. The van der Waals surface area contributed by atoms with Crippen LogP contribution in [0.3, 0.4) is 0 Å². The van der Waals surface area contributed by atoms with Crippen molar-refractivity contribution in [2.24, 2.45) is 0 Å². The van der Waals surface area contributed by atoms with E-state index in [1.54, 1.807) is 12.1 Å². The van der Waals surface area contributed by atoms with Gasteiger partial charge in [-0.2, -0.15) is 0 Å². The van der Waals surface area contributed by atoms with Crippen LogP contribution in [0.2, 0.25) is 0 Å². The molecule has 2 aromatic carbocycles. The van der Waals surface area contributed by atoms with Crippen LogP contribution < -0.4 is 24.8 Å². The molecule has 0 aliphatic heterocycles. The number of aromatic nitrogens is 3. The van der Waals surface area contributed by atoms with Gasteiger partial charge in [-0.1, -0.05) is 35.5 Å². The highest BCUT2D eigenvalue weighted by Crippen LogP contribution is 2.39. The SMILES string of the molecule is COc1ccc(C(=O)NCCn2cc(C(=O)N[C@@H](Cc3ccccc3)OB(O)O)nn2)c(OC)c1OC. The molecule has 0 bridgehead atoms. The van der Waals surface area contributed by atoms with Gasteiger partial charge < -0.3 is 39.5 Å². The number of hydrogen-bond donors (Lipinski definition) is 4. The Morgan fingerprint density at radius 3 is 2.38 bits per heavy atom. The van der Waals surface area contributed by atoms with E-state index in [4.69, 9.17) is 18.9 Å². The van der Waals surface area contributed by atoms with E-state index >= 15 is 0 Å². The molecule has 4 N–H and O–H groups in total. The van der Waals surface area contributed by atoms with Crippen molar-refractivity contribution in [3.8, 4) is 17.2 Å². The maximum absolute atomic E-state index is 12.7. The number of hydrogen-bond acceptors (Lipinski definition) is 10. The fraction of sp³-hybridized carbons (Fsp3) is 0.304. The number of benzene rings is 2. The van der Waals surface area contributed by atoms with Gasteiger partial charge in [0.05, 0.1) is 39.6 Å². The summed E-state index contributed by atoms with van der Waals surface area (Å²) in [7, 11) is 2.28. The minimum atomic E-state index is -2.07. The van der Waals surface area contributed by atoms with Crippen LogP contribution in [0.15, 0.2) is 48.7 Å². The predicted octanol–water partition coefficient (Wildman–Crippen LogP) is 0.0186. The third-order valence-electron chi connectivity index (χ3n) is 5.19. The van der Waals surface area contributed by atoms with Crippen LogP contribution in [0.1, 0.15) is 26.4 Å². The Hall–Kier alpha value is -4.14. The van der Waals surface area contributed by atoms with Gasteiger partial charge in [0.1, 0.15) is 6.23 Å². The molecule has 0 fully saturated rings. The molecule has 0 unspecified atom stereocenters. The van der Waals surface area contributed by atoms with Gasteiger partial charge >= 0.3 is 7.32 Å². The van der Waals surface area contributed by atoms with E-state index in [-0.39, 0.29) is 36.5 Å². The summed E-state index contributed by atoms with van der Waals surface area (Å²) in [6.07, 6.45) is 0.577. The molecule has 37 heavy (non-hydrogen) atoms. The highest BCUT2D eigenvalue weighted by molar-refractivity contribution is 6.32. The van der Waals surface area contributed by atoms with E-state index < -0.39 is 25.4 Å². The van der Waals surface area contributed by atoms with Gasteiger partial charge in [0.25, 0.3) is 11.8 Å². The van der Waals surface area contributed by atoms with Crippen LogP contribution in [-0.2, 0) is 17.6 Å². The lowest BCUT2D eigenvalue weighted by Gasteiger charge is -2.18. The lowest BCUT2D eigenvalue weighted by Crippen LogP contribution is -2.42. The largest absolute Gasteiger partial charge is 0.635 e. The fourth-order valence-electron chi connectivity index (χ4n) is 3.50. The van der Waals surface area contributed by atoms with E-state index in [2.05, 4.69) is 20.9 Å². The topological polar surface area (TPSA) is 166 Å². The van der Waals surface area contributed by atoms with Gasteiger partial charge in [-0.05, 0) is 17.7 Å². The number of carbonyl (C=O) groups excluding carboxylic acids is 2. The average molecular weight is 513 g/mol. The highest BCUT2D eigenvalue weighted by atomic mass is 16.6. The molecule has 14 heteroatoms. The molecule has 196 valence electrons. The highest BCUT2D eigenvalue weighted by Gasteiger charge is 2.23. The van der Waals surface area contributed by atoms with Crippen LogP contribution >= 0.6 is 0 Å². The minimum Gasteiger partial charge on any atom is -0.493 e. The molecule has 3 rings (SSSR count). The second-order valence-corrected chi connectivity index (χ2v) is 7.62. The van der Waals surface area contributed by atoms with Crippen LogP contribution in [0.25, 0.3) is 0 Å². The third kappa shape index (κ3) is 7.43. The second-order valence-electron chi connectivity index (χ2n) is 7.62. The van der Waals surface area contributed by atoms with Gasteiger partial charge in [0, 0.05) is 13.0 Å². The smallest absolute Gasteiger partial charge is 0.493 e. The summed E-state index contributed by atoms with van der Waals surface area (Å²) in [4.78, 5) is 25.3. The molecule has 13 nitrogen and oxygen atoms in total. The van der Waals surface area contributed by atoms with Crippen LogP contribution in [0.5, 0.6) is 17.2 Å². The van der Waals surface area contributed by atoms with Gasteiger partial charge in [-0.3, -0.25) is 9.59 Å². The number of nitrogens with one attached hydrogen (secondary N) is 2. The van der Waals surface area contributed by atoms with Gasteiger partial charge in [-0.25, -0.2) is 4.68 Å². The van der Waals surface area contributed by atoms with Crippen molar-refractivity contribution in [1.29, 1.82) is 0 Å². The van der Waals surface area contributed by atoms with Crippen LogP contribution in [0, 0.1) is 0 Å². The summed E-state index contributed by atoms with van der Waals surface area (Å²) in [6, 6.07) is 12.3. The van der Waals surface area contributed by atoms with Crippen molar-refractivity contribution in [2.45, 2.75) is 19.2 Å². The Morgan fingerprint density at radius 1 is 1.00 bits per heavy atom. The minimum absolute atomic E-state index is 0.0121. The summed E-state index contributed by atoms with van der Waals surface area (Å²) in [6.45, 7) is 0.401. The van der Waals surface area contributed by atoms with E-state index in [1.807, 2.05) is 30.3 Å². The Kier molecular flexibility index (Phi) is 9.83. The van der Waals surface area contributed by atoms with Crippen molar-refractivity contribution in [2.75, 3.05) is 27.9 Å². The molecule has 0 saturated heterocycles. The van der Waals surface area contributed by atoms with E-state index in [9.17, 15) is 19.6 Å². The van der Waals surface area contributed by atoms with Crippen LogP contribution in [-0.4, -0.2) is 78.3 Å². The maximum Gasteiger partial charge on any atom is 0.635 e. The molecule has 0 saturated carbocycles. The van der Waals surface area contributed by atoms with Gasteiger partial charge in [-0.15, -0.1) is 5.10 Å². The number of ether oxygens (including phenoxy) is 3. The third-order valence-corrected chi connectivity index (χ3v) is 5.19. The fourth-order valence-corrected chi connectivity index (χ4v) is 3.50. The number of rotatable bonds is 13. The first-order chi connectivity index (χ1) is 17.9. The number of methoxy groups -OCH3 is 3. The molecule has 0 spiro atoms. The normalized spacial score (nSPS) is 11.4. The van der Waals surface area contributed by atoms with Crippen molar-refractivity contribution in [3.05, 3.63) is 65.5 Å². The first kappa shape index (κ1) is 27.5. The molecule has 1 aromatic heterocycles. The standard InChI is InChI=1S/C23H28BN5O8/c1-34-18-10-9-16(20(35-2)21(18)36-3)22(30)25-11-12-29-14-17(27-28-29)23(31)26-19(37-24(32)33)13-15-7-5-4-6-8-15/h4-10,14,19,32-33H,11-13H2,1-3H3,(H,25,30)(H,26,31)/t19-/m1/s1.